The first-order valence-electron chi connectivity index (χ1n) is 19.6. The third kappa shape index (κ3) is 13.8. The van der Waals surface area contributed by atoms with Gasteiger partial charge >= 0.3 is 0 Å². The normalized spacial score (nSPS) is 11.5. The molecule has 3 rings (SSSR count). The molecular formula is C43H65N3O3. The molecule has 0 radical (unpaired) electrons. The third-order valence-electron chi connectivity index (χ3n) is 9.81. The molecule has 0 aromatic heterocycles. The highest BCUT2D eigenvalue weighted by molar-refractivity contribution is 6.09. The van der Waals surface area contributed by atoms with Crippen LogP contribution in [0.4, 0.5) is 11.4 Å². The topological polar surface area (TPSA) is 74.5 Å². The molecule has 3 aromatic rings. The number of rotatable bonds is 26. The molecule has 0 unspecified atom stereocenters. The Labute approximate surface area is 297 Å². The number of carbonyl (C=O) groups is 1. The van der Waals surface area contributed by atoms with Crippen LogP contribution in [0.3, 0.4) is 0 Å². The van der Waals surface area contributed by atoms with Gasteiger partial charge in [0.1, 0.15) is 11.5 Å². The lowest BCUT2D eigenvalue weighted by Gasteiger charge is -2.25. The number of aromatic hydroxyl groups is 1. The Balaban J connectivity index is 1.72. The number of phenolic OH excluding ortho intramolecular Hbond substituents is 1. The summed E-state index contributed by atoms with van der Waals surface area (Å²) in [6.07, 6.45) is 25.2. The number of fused-ring (bicyclic) bond motifs is 1. The van der Waals surface area contributed by atoms with Crippen molar-refractivity contribution in [1.82, 2.24) is 4.90 Å². The Morgan fingerprint density at radius 2 is 1.08 bits per heavy atom. The number of amides is 1. The van der Waals surface area contributed by atoms with Gasteiger partial charge in [0.05, 0.1) is 24.0 Å². The van der Waals surface area contributed by atoms with E-state index in [1.807, 2.05) is 60.4 Å². The number of hydrogen-bond acceptors (Lipinski definition) is 5. The number of azo groups is 1. The first-order chi connectivity index (χ1) is 24.0. The molecule has 270 valence electrons. The second-order valence-electron chi connectivity index (χ2n) is 13.8. The number of phenols is 1. The van der Waals surface area contributed by atoms with Crippen LogP contribution in [0.5, 0.6) is 11.5 Å². The van der Waals surface area contributed by atoms with Gasteiger partial charge in [-0.15, -0.1) is 5.11 Å². The molecule has 1 N–H and O–H groups in total. The van der Waals surface area contributed by atoms with Gasteiger partial charge in [-0.3, -0.25) is 4.79 Å². The molecule has 0 fully saturated rings. The zero-order valence-corrected chi connectivity index (χ0v) is 31.3. The zero-order valence-electron chi connectivity index (χ0n) is 31.3. The molecule has 0 aliphatic rings. The Kier molecular flexibility index (Phi) is 19.5. The third-order valence-corrected chi connectivity index (χ3v) is 9.81. The molecule has 49 heavy (non-hydrogen) atoms. The van der Waals surface area contributed by atoms with Crippen molar-refractivity contribution in [1.29, 1.82) is 0 Å². The first kappa shape index (κ1) is 40.0. The van der Waals surface area contributed by atoms with Crippen LogP contribution < -0.4 is 4.74 Å². The fraction of sp³-hybridized carbons (Fsp3) is 0.605. The minimum absolute atomic E-state index is 0.0395. The average molecular weight is 672 g/mol. The molecule has 0 saturated heterocycles. The van der Waals surface area contributed by atoms with E-state index in [1.165, 1.54) is 103 Å². The lowest BCUT2D eigenvalue weighted by atomic mass is 9.96. The lowest BCUT2D eigenvalue weighted by molar-refractivity contribution is 0.0745. The molecule has 0 aliphatic carbocycles. The standard InChI is InChI=1S/C43H65N3O3/c1-5-7-9-11-13-15-17-19-21-25-33-46(34-26-22-20-18-16-14-12-10-8-6-2)43(48)40-35(3)41(38-27-23-24-28-39(38)42(40)47)45-44-36-29-31-37(49-4)32-30-36/h23-24,27-32,47H,5-22,25-26,33-34H2,1-4H3. The summed E-state index contributed by atoms with van der Waals surface area (Å²) in [4.78, 5) is 16.4. The van der Waals surface area contributed by atoms with Gasteiger partial charge in [0.15, 0.2) is 0 Å². The van der Waals surface area contributed by atoms with Crippen LogP contribution in [0, 0.1) is 6.92 Å². The molecular weight excluding hydrogens is 606 g/mol. The van der Waals surface area contributed by atoms with Gasteiger partial charge in [-0.2, -0.15) is 5.11 Å². The highest BCUT2D eigenvalue weighted by Crippen LogP contribution is 2.41. The fourth-order valence-corrected chi connectivity index (χ4v) is 6.73. The summed E-state index contributed by atoms with van der Waals surface area (Å²) in [6.45, 7) is 7.84. The monoisotopic (exact) mass is 672 g/mol. The van der Waals surface area contributed by atoms with Crippen molar-refractivity contribution in [2.45, 2.75) is 149 Å². The van der Waals surface area contributed by atoms with Crippen LogP contribution in [0.2, 0.25) is 0 Å². The number of unbranched alkanes of at least 4 members (excludes halogenated alkanes) is 18. The predicted octanol–water partition coefficient (Wildman–Crippen LogP) is 13.6. The van der Waals surface area contributed by atoms with Crippen LogP contribution in [-0.2, 0) is 0 Å². The van der Waals surface area contributed by atoms with Crippen molar-refractivity contribution >= 4 is 28.1 Å². The van der Waals surface area contributed by atoms with Crippen molar-refractivity contribution in [3.63, 3.8) is 0 Å². The maximum Gasteiger partial charge on any atom is 0.257 e. The number of ether oxygens (including phenoxy) is 1. The maximum atomic E-state index is 14.4. The molecule has 3 aromatic carbocycles. The fourth-order valence-electron chi connectivity index (χ4n) is 6.73. The average Bonchev–Trinajstić information content (AvgIpc) is 3.12. The van der Waals surface area contributed by atoms with Gasteiger partial charge in [0.2, 0.25) is 0 Å². The lowest BCUT2D eigenvalue weighted by Crippen LogP contribution is -2.33. The number of methoxy groups -OCH3 is 1. The Morgan fingerprint density at radius 1 is 0.633 bits per heavy atom. The molecule has 0 aliphatic heterocycles. The van der Waals surface area contributed by atoms with Crippen LogP contribution in [-0.4, -0.2) is 36.1 Å². The molecule has 6 heteroatoms. The van der Waals surface area contributed by atoms with Gasteiger partial charge in [-0.25, -0.2) is 0 Å². The molecule has 6 nitrogen and oxygen atoms in total. The predicted molar refractivity (Wildman–Crippen MR) is 207 cm³/mol. The minimum atomic E-state index is -0.103. The number of hydrogen-bond donors (Lipinski definition) is 1. The Hall–Kier alpha value is -3.41. The van der Waals surface area contributed by atoms with Gasteiger partial charge in [-0.05, 0) is 49.6 Å². The summed E-state index contributed by atoms with van der Waals surface area (Å²) in [6, 6.07) is 15.0. The maximum absolute atomic E-state index is 14.4. The Morgan fingerprint density at radius 3 is 1.55 bits per heavy atom. The quantitative estimate of drug-likeness (QED) is 0.0681. The van der Waals surface area contributed by atoms with E-state index in [-0.39, 0.29) is 11.7 Å². The summed E-state index contributed by atoms with van der Waals surface area (Å²) in [7, 11) is 1.64. The highest BCUT2D eigenvalue weighted by atomic mass is 16.5. The van der Waals surface area contributed by atoms with E-state index in [1.54, 1.807) is 7.11 Å². The van der Waals surface area contributed by atoms with E-state index < -0.39 is 0 Å². The molecule has 0 saturated carbocycles. The van der Waals surface area contributed by atoms with Crippen LogP contribution >= 0.6 is 0 Å². The SMILES string of the molecule is CCCCCCCCCCCCN(CCCCCCCCCCCC)C(=O)c1c(C)c(N=Nc2ccc(OC)cc2)c2ccccc2c1O. The van der Waals surface area contributed by atoms with Gasteiger partial charge in [-0.1, -0.05) is 154 Å². The first-order valence-corrected chi connectivity index (χ1v) is 19.6. The second-order valence-corrected chi connectivity index (χ2v) is 13.8. The van der Waals surface area contributed by atoms with E-state index in [0.29, 0.717) is 41.0 Å². The Bertz CT molecular complexity index is 1360. The minimum Gasteiger partial charge on any atom is -0.506 e. The summed E-state index contributed by atoms with van der Waals surface area (Å²) in [5.41, 5.74) is 2.32. The van der Waals surface area contributed by atoms with Crippen molar-refractivity contribution < 1.29 is 14.6 Å². The second kappa shape index (κ2) is 23.9. The van der Waals surface area contributed by atoms with Crippen LogP contribution in [0.1, 0.15) is 158 Å². The summed E-state index contributed by atoms with van der Waals surface area (Å²) < 4.78 is 5.28. The van der Waals surface area contributed by atoms with Gasteiger partial charge < -0.3 is 14.7 Å². The van der Waals surface area contributed by atoms with Crippen LogP contribution in [0.15, 0.2) is 58.8 Å². The van der Waals surface area contributed by atoms with E-state index in [0.717, 1.165) is 36.8 Å². The van der Waals surface area contributed by atoms with E-state index in [4.69, 9.17) is 4.74 Å². The van der Waals surface area contributed by atoms with Crippen LogP contribution in [0.25, 0.3) is 10.8 Å². The van der Waals surface area contributed by atoms with Gasteiger partial charge in [0.25, 0.3) is 5.91 Å². The summed E-state index contributed by atoms with van der Waals surface area (Å²) in [5, 5.41) is 22.2. The van der Waals surface area contributed by atoms with E-state index in [2.05, 4.69) is 24.1 Å². The van der Waals surface area contributed by atoms with Crippen molar-refractivity contribution in [3.05, 3.63) is 59.7 Å². The number of benzene rings is 3. The van der Waals surface area contributed by atoms with Crippen molar-refractivity contribution in [2.24, 2.45) is 10.2 Å². The molecule has 0 spiro atoms. The summed E-state index contributed by atoms with van der Waals surface area (Å²) in [5.74, 6) is 0.689. The number of nitrogens with zero attached hydrogens (tertiary/aromatic N) is 3. The smallest absolute Gasteiger partial charge is 0.257 e. The zero-order chi connectivity index (χ0) is 35.1. The number of carbonyl (C=O) groups excluding carboxylic acids is 1. The molecule has 1 amide bonds. The van der Waals surface area contributed by atoms with E-state index >= 15 is 0 Å². The molecule has 0 heterocycles. The largest absolute Gasteiger partial charge is 0.506 e. The summed E-state index contributed by atoms with van der Waals surface area (Å²) >= 11 is 0. The van der Waals surface area contributed by atoms with Crippen molar-refractivity contribution in [3.8, 4) is 11.5 Å². The van der Waals surface area contributed by atoms with Gasteiger partial charge in [0, 0.05) is 23.9 Å². The molecule has 0 atom stereocenters. The molecule has 0 bridgehead atoms. The van der Waals surface area contributed by atoms with Crippen molar-refractivity contribution in [2.75, 3.05) is 20.2 Å². The van der Waals surface area contributed by atoms with E-state index in [9.17, 15) is 9.90 Å². The highest BCUT2D eigenvalue weighted by Gasteiger charge is 2.25.